The summed E-state index contributed by atoms with van der Waals surface area (Å²) in [6, 6.07) is 6.40. The number of rotatable bonds is 6. The molecule has 2 aromatic carbocycles. The minimum Gasteiger partial charge on any atom is -0.538 e. The lowest BCUT2D eigenvalue weighted by molar-refractivity contribution is -0.705. The Morgan fingerprint density at radius 3 is 2.37 bits per heavy atom. The van der Waals surface area contributed by atoms with Crippen LogP contribution in [0.3, 0.4) is 0 Å². The normalized spacial score (nSPS) is 11.9. The lowest BCUT2D eigenvalue weighted by Crippen LogP contribution is -2.36. The number of hydrogen-bond donors (Lipinski definition) is 1. The molecule has 3 rings (SSSR count). The van der Waals surface area contributed by atoms with E-state index in [-0.39, 0.29) is 11.1 Å². The fourth-order valence-electron chi connectivity index (χ4n) is 2.36. The van der Waals surface area contributed by atoms with Crippen LogP contribution >= 0.6 is 11.8 Å². The molecule has 0 aliphatic carbocycles. The highest BCUT2D eigenvalue weighted by atomic mass is 32.2. The number of ether oxygens (including phenoxy) is 1. The summed E-state index contributed by atoms with van der Waals surface area (Å²) >= 11 is 0.674. The third-order valence-electron chi connectivity index (χ3n) is 3.91. The van der Waals surface area contributed by atoms with Gasteiger partial charge in [-0.05, 0) is 35.5 Å². The topological polar surface area (TPSA) is 91.3 Å². The van der Waals surface area contributed by atoms with Crippen molar-refractivity contribution in [2.45, 2.75) is 17.2 Å². The molecule has 1 N–H and O–H groups in total. The number of anilines is 1. The van der Waals surface area contributed by atoms with Gasteiger partial charge >= 0.3 is 0 Å². The van der Waals surface area contributed by atoms with Crippen molar-refractivity contribution in [1.82, 2.24) is 5.27 Å². The molecule has 30 heavy (non-hydrogen) atoms. The van der Waals surface area contributed by atoms with Crippen LogP contribution < -0.4 is 19.8 Å². The Labute approximate surface area is 171 Å². The van der Waals surface area contributed by atoms with Crippen molar-refractivity contribution in [3.8, 4) is 17.4 Å². The van der Waals surface area contributed by atoms with E-state index in [9.17, 15) is 27.5 Å². The molecule has 0 spiro atoms. The number of amides is 1. The zero-order valence-electron chi connectivity index (χ0n) is 15.4. The number of aromatic nitrogens is 2. The molecule has 158 valence electrons. The molecule has 0 saturated heterocycles. The van der Waals surface area contributed by atoms with Crippen molar-refractivity contribution in [3.05, 3.63) is 53.6 Å². The third kappa shape index (κ3) is 4.17. The average molecular weight is 443 g/mol. The molecule has 0 aliphatic heterocycles. The van der Waals surface area contributed by atoms with Gasteiger partial charge in [-0.1, -0.05) is 0 Å². The molecule has 0 bridgehead atoms. The van der Waals surface area contributed by atoms with Crippen molar-refractivity contribution in [2.24, 2.45) is 0 Å². The summed E-state index contributed by atoms with van der Waals surface area (Å²) in [5.41, 5.74) is -0.846. The Bertz CT molecular complexity index is 1070. The lowest BCUT2D eigenvalue weighted by atomic mass is 10.2. The van der Waals surface area contributed by atoms with Crippen LogP contribution in [0.5, 0.6) is 11.7 Å². The van der Waals surface area contributed by atoms with Crippen LogP contribution in [0.1, 0.15) is 6.92 Å². The highest BCUT2D eigenvalue weighted by Crippen LogP contribution is 2.30. The van der Waals surface area contributed by atoms with Crippen molar-refractivity contribution >= 4 is 23.4 Å². The molecule has 1 aromatic heterocycles. The van der Waals surface area contributed by atoms with Gasteiger partial charge in [-0.25, -0.2) is 17.6 Å². The first-order valence-corrected chi connectivity index (χ1v) is 9.14. The van der Waals surface area contributed by atoms with Gasteiger partial charge in [-0.3, -0.25) is 4.79 Å². The Hall–Kier alpha value is -3.28. The van der Waals surface area contributed by atoms with Crippen LogP contribution in [0.15, 0.2) is 39.9 Å². The van der Waals surface area contributed by atoms with E-state index in [1.165, 1.54) is 14.0 Å². The van der Waals surface area contributed by atoms with E-state index in [2.05, 4.69) is 9.79 Å². The van der Waals surface area contributed by atoms with Crippen LogP contribution in [0.4, 0.5) is 23.2 Å². The van der Waals surface area contributed by atoms with E-state index in [4.69, 9.17) is 4.74 Å². The van der Waals surface area contributed by atoms with E-state index in [0.29, 0.717) is 23.2 Å². The van der Waals surface area contributed by atoms with Crippen LogP contribution in [0.2, 0.25) is 0 Å². The summed E-state index contributed by atoms with van der Waals surface area (Å²) in [6.45, 7) is 1.32. The second-order valence-electron chi connectivity index (χ2n) is 5.87. The quantitative estimate of drug-likeness (QED) is 0.273. The monoisotopic (exact) mass is 443 g/mol. The largest absolute Gasteiger partial charge is 0.538 e. The molecule has 7 nitrogen and oxygen atoms in total. The molecule has 1 heterocycles. The van der Waals surface area contributed by atoms with Crippen molar-refractivity contribution < 1.29 is 41.4 Å². The SMILES string of the molecule is COc1ccc(-[n+]2noc([O-])c2SC(C)C(=O)Nc2c(F)c(F)cc(F)c2F)cc1. The molecule has 1 atom stereocenters. The summed E-state index contributed by atoms with van der Waals surface area (Å²) in [6.07, 6.45) is 0. The summed E-state index contributed by atoms with van der Waals surface area (Å²) in [5.74, 6) is -8.14. The molecular weight excluding hydrogens is 430 g/mol. The summed E-state index contributed by atoms with van der Waals surface area (Å²) in [4.78, 5) is 12.3. The molecule has 0 fully saturated rings. The van der Waals surface area contributed by atoms with Crippen LogP contribution in [-0.2, 0) is 4.79 Å². The van der Waals surface area contributed by atoms with E-state index < -0.39 is 46.1 Å². The highest BCUT2D eigenvalue weighted by Gasteiger charge is 2.28. The first-order chi connectivity index (χ1) is 14.2. The summed E-state index contributed by atoms with van der Waals surface area (Å²) in [7, 11) is 1.48. The molecule has 0 radical (unpaired) electrons. The fraction of sp³-hybridized carbons (Fsp3) is 0.167. The van der Waals surface area contributed by atoms with Gasteiger partial charge in [0.05, 0.1) is 17.6 Å². The van der Waals surface area contributed by atoms with Crippen LogP contribution in [0.25, 0.3) is 5.69 Å². The minimum absolute atomic E-state index is 0.0249. The number of thioether (sulfide) groups is 1. The van der Waals surface area contributed by atoms with Gasteiger partial charge in [-0.2, -0.15) is 0 Å². The Balaban J connectivity index is 1.82. The first-order valence-electron chi connectivity index (χ1n) is 8.27. The predicted octanol–water partition coefficient (Wildman–Crippen LogP) is 2.71. The second kappa shape index (κ2) is 8.61. The van der Waals surface area contributed by atoms with Crippen molar-refractivity contribution in [3.63, 3.8) is 0 Å². The smallest absolute Gasteiger partial charge is 0.298 e. The molecule has 12 heteroatoms. The standard InChI is InChI=1S/C18H13F4N3O4S/c1-8(16(26)23-15-13(21)11(19)7-12(20)14(15)22)30-17-18(27)29-24-25(17)9-3-5-10(28-2)6-4-9/h3-8H,1-2H3,(H-,23,24,26,27). The van der Waals surface area contributed by atoms with Crippen LogP contribution in [0, 0.1) is 23.3 Å². The number of nitrogens with one attached hydrogen (secondary N) is 1. The number of nitrogens with zero attached hydrogens (tertiary/aromatic N) is 2. The lowest BCUT2D eigenvalue weighted by Gasteiger charge is -2.12. The molecule has 1 unspecified atom stereocenters. The van der Waals surface area contributed by atoms with Gasteiger partial charge in [0.15, 0.2) is 29.2 Å². The summed E-state index contributed by atoms with van der Waals surface area (Å²) in [5, 5.41) is 16.2. The van der Waals surface area contributed by atoms with Gasteiger partial charge < -0.3 is 19.7 Å². The fourth-order valence-corrected chi connectivity index (χ4v) is 3.23. The maximum absolute atomic E-state index is 13.8. The molecule has 0 aliphatic rings. The van der Waals surface area contributed by atoms with E-state index in [1.807, 2.05) is 0 Å². The van der Waals surface area contributed by atoms with E-state index >= 15 is 0 Å². The Morgan fingerprint density at radius 2 is 1.80 bits per heavy atom. The van der Waals surface area contributed by atoms with Crippen molar-refractivity contribution in [2.75, 3.05) is 12.4 Å². The van der Waals surface area contributed by atoms with E-state index in [0.717, 1.165) is 4.68 Å². The highest BCUT2D eigenvalue weighted by molar-refractivity contribution is 8.00. The predicted molar refractivity (Wildman–Crippen MR) is 94.3 cm³/mol. The van der Waals surface area contributed by atoms with Gasteiger partial charge in [0.1, 0.15) is 11.4 Å². The maximum Gasteiger partial charge on any atom is 0.298 e. The Morgan fingerprint density at radius 1 is 1.20 bits per heavy atom. The number of halogens is 4. The number of hydrogen-bond acceptors (Lipinski definition) is 6. The van der Waals surface area contributed by atoms with E-state index in [1.54, 1.807) is 29.6 Å². The molecule has 3 aromatic rings. The van der Waals surface area contributed by atoms with Gasteiger partial charge in [0.25, 0.3) is 5.03 Å². The van der Waals surface area contributed by atoms with Gasteiger partial charge in [0.2, 0.25) is 11.6 Å². The minimum atomic E-state index is -1.75. The van der Waals surface area contributed by atoms with Crippen LogP contribution in [-0.4, -0.2) is 23.5 Å². The zero-order chi connectivity index (χ0) is 22.0. The Kier molecular flexibility index (Phi) is 6.15. The average Bonchev–Trinajstić information content (AvgIpc) is 3.09. The molecular formula is C18H13F4N3O4S. The van der Waals surface area contributed by atoms with Crippen molar-refractivity contribution in [1.29, 1.82) is 0 Å². The zero-order valence-corrected chi connectivity index (χ0v) is 16.2. The third-order valence-corrected chi connectivity index (χ3v) is 5.04. The van der Waals surface area contributed by atoms with Gasteiger partial charge in [0, 0.05) is 18.2 Å². The first kappa shape index (κ1) is 21.4. The number of methoxy groups -OCH3 is 1. The number of carbonyl (C=O) groups is 1. The number of carbonyl (C=O) groups excluding carboxylic acids is 1. The summed E-state index contributed by atoms with van der Waals surface area (Å²) < 4.78 is 64.9. The van der Waals surface area contributed by atoms with Gasteiger partial charge in [-0.15, -0.1) is 0 Å². The number of benzene rings is 2. The molecule has 1 amide bonds. The molecule has 0 saturated carbocycles. The maximum atomic E-state index is 13.8. The second-order valence-corrected chi connectivity index (χ2v) is 7.20.